The van der Waals surface area contributed by atoms with E-state index in [1.165, 1.54) is 16.4 Å². The second-order valence-electron chi connectivity index (χ2n) is 6.96. The molecule has 5 aromatic rings. The minimum atomic E-state index is -0.160. The SMILES string of the molecule is Cn1ccnc1CSc1nnc(-c2nn(Cc3ccccc3)c(=O)c3ccccc23)o1. The largest absolute Gasteiger partial charge is 0.409 e. The van der Waals surface area contributed by atoms with Gasteiger partial charge in [0.05, 0.1) is 17.7 Å². The molecule has 0 amide bonds. The van der Waals surface area contributed by atoms with Crippen molar-refractivity contribution < 1.29 is 4.42 Å². The number of imidazole rings is 1. The van der Waals surface area contributed by atoms with E-state index in [-0.39, 0.29) is 11.4 Å². The van der Waals surface area contributed by atoms with Crippen LogP contribution in [0.4, 0.5) is 0 Å². The van der Waals surface area contributed by atoms with Gasteiger partial charge in [-0.25, -0.2) is 9.67 Å². The van der Waals surface area contributed by atoms with Crippen LogP contribution in [0.2, 0.25) is 0 Å². The molecule has 3 heterocycles. The molecular weight excluding hydrogens is 412 g/mol. The number of rotatable bonds is 6. The molecule has 0 N–H and O–H groups in total. The van der Waals surface area contributed by atoms with Crippen LogP contribution in [0.1, 0.15) is 11.4 Å². The van der Waals surface area contributed by atoms with E-state index in [9.17, 15) is 4.79 Å². The first kappa shape index (κ1) is 19.3. The molecular formula is C22H18N6O2S. The molecule has 5 rings (SSSR count). The Kier molecular flexibility index (Phi) is 5.09. The molecule has 8 nitrogen and oxygen atoms in total. The van der Waals surface area contributed by atoms with E-state index in [1.54, 1.807) is 12.3 Å². The maximum atomic E-state index is 13.0. The zero-order valence-corrected chi connectivity index (χ0v) is 17.5. The molecule has 2 aromatic carbocycles. The van der Waals surface area contributed by atoms with Crippen molar-refractivity contribution in [1.29, 1.82) is 0 Å². The molecule has 0 fully saturated rings. The van der Waals surface area contributed by atoms with Crippen molar-refractivity contribution in [1.82, 2.24) is 29.5 Å². The van der Waals surface area contributed by atoms with E-state index >= 15 is 0 Å². The lowest BCUT2D eigenvalue weighted by molar-refractivity contribution is 0.462. The Bertz CT molecular complexity index is 1410. The summed E-state index contributed by atoms with van der Waals surface area (Å²) in [7, 11) is 1.94. The molecule has 9 heteroatoms. The van der Waals surface area contributed by atoms with E-state index < -0.39 is 0 Å². The molecule has 0 unspecified atom stereocenters. The monoisotopic (exact) mass is 430 g/mol. The van der Waals surface area contributed by atoms with E-state index in [0.717, 1.165) is 11.4 Å². The van der Waals surface area contributed by atoms with Gasteiger partial charge in [0.1, 0.15) is 5.82 Å². The number of fused-ring (bicyclic) bond motifs is 1. The van der Waals surface area contributed by atoms with Crippen LogP contribution in [0.15, 0.2) is 81.4 Å². The summed E-state index contributed by atoms with van der Waals surface area (Å²) in [4.78, 5) is 17.3. The zero-order valence-electron chi connectivity index (χ0n) is 16.7. The van der Waals surface area contributed by atoms with Crippen molar-refractivity contribution in [3.05, 3.63) is 88.7 Å². The average molecular weight is 430 g/mol. The second kappa shape index (κ2) is 8.19. The smallest absolute Gasteiger partial charge is 0.277 e. The van der Waals surface area contributed by atoms with Gasteiger partial charge in [0, 0.05) is 24.8 Å². The van der Waals surface area contributed by atoms with Crippen LogP contribution in [-0.4, -0.2) is 29.5 Å². The molecule has 0 bridgehead atoms. The number of thioether (sulfide) groups is 1. The Morgan fingerprint density at radius 3 is 2.55 bits per heavy atom. The fourth-order valence-corrected chi connectivity index (χ4v) is 4.05. The molecule has 0 spiro atoms. The first-order valence-corrected chi connectivity index (χ1v) is 10.6. The lowest BCUT2D eigenvalue weighted by atomic mass is 10.1. The minimum Gasteiger partial charge on any atom is -0.409 e. The van der Waals surface area contributed by atoms with Crippen LogP contribution in [0, 0.1) is 0 Å². The van der Waals surface area contributed by atoms with Gasteiger partial charge in [-0.1, -0.05) is 60.3 Å². The second-order valence-corrected chi connectivity index (χ2v) is 7.89. The van der Waals surface area contributed by atoms with E-state index in [0.29, 0.717) is 34.0 Å². The summed E-state index contributed by atoms with van der Waals surface area (Å²) in [6.45, 7) is 0.354. The van der Waals surface area contributed by atoms with Gasteiger partial charge in [-0.2, -0.15) is 5.10 Å². The minimum absolute atomic E-state index is 0.160. The van der Waals surface area contributed by atoms with Gasteiger partial charge >= 0.3 is 0 Å². The number of nitrogens with zero attached hydrogens (tertiary/aromatic N) is 6. The molecule has 0 saturated carbocycles. The van der Waals surface area contributed by atoms with Gasteiger partial charge in [-0.3, -0.25) is 4.79 Å². The predicted octanol–water partition coefficient (Wildman–Crippen LogP) is 3.52. The van der Waals surface area contributed by atoms with Crippen LogP contribution in [0.5, 0.6) is 0 Å². The van der Waals surface area contributed by atoms with Crippen molar-refractivity contribution in [2.75, 3.05) is 0 Å². The van der Waals surface area contributed by atoms with Gasteiger partial charge < -0.3 is 8.98 Å². The number of hydrogen-bond donors (Lipinski definition) is 0. The van der Waals surface area contributed by atoms with E-state index in [2.05, 4.69) is 20.3 Å². The van der Waals surface area contributed by atoms with Crippen LogP contribution in [0.25, 0.3) is 22.4 Å². The normalized spacial score (nSPS) is 11.3. The Morgan fingerprint density at radius 2 is 1.77 bits per heavy atom. The lowest BCUT2D eigenvalue weighted by Gasteiger charge is -2.09. The standard InChI is InChI=1S/C22H18N6O2S/c1-27-12-11-23-18(27)14-31-22-25-24-20(30-22)19-16-9-5-6-10-17(16)21(29)28(26-19)13-15-7-3-2-4-8-15/h2-12H,13-14H2,1H3. The quantitative estimate of drug-likeness (QED) is 0.381. The Hall–Kier alpha value is -3.72. The van der Waals surface area contributed by atoms with Crippen molar-refractivity contribution in [2.45, 2.75) is 17.5 Å². The van der Waals surface area contributed by atoms with Crippen LogP contribution < -0.4 is 5.56 Å². The molecule has 0 aliphatic carbocycles. The highest BCUT2D eigenvalue weighted by atomic mass is 32.2. The Balaban J connectivity index is 1.52. The fraction of sp³-hybridized carbons (Fsp3) is 0.136. The molecule has 0 radical (unpaired) electrons. The van der Waals surface area contributed by atoms with Crippen molar-refractivity contribution in [3.63, 3.8) is 0 Å². The summed E-state index contributed by atoms with van der Waals surface area (Å²) in [5.41, 5.74) is 1.31. The summed E-state index contributed by atoms with van der Waals surface area (Å²) >= 11 is 1.40. The maximum Gasteiger partial charge on any atom is 0.277 e. The number of benzene rings is 2. The predicted molar refractivity (Wildman–Crippen MR) is 118 cm³/mol. The molecule has 0 saturated heterocycles. The summed E-state index contributed by atoms with van der Waals surface area (Å²) in [5, 5.41) is 14.6. The third kappa shape index (κ3) is 3.87. The first-order chi connectivity index (χ1) is 15.2. The summed E-state index contributed by atoms with van der Waals surface area (Å²) < 4.78 is 9.27. The van der Waals surface area contributed by atoms with Crippen LogP contribution in [-0.2, 0) is 19.3 Å². The first-order valence-electron chi connectivity index (χ1n) is 9.66. The highest BCUT2D eigenvalue weighted by molar-refractivity contribution is 7.98. The van der Waals surface area contributed by atoms with Gasteiger partial charge in [0.15, 0.2) is 5.69 Å². The number of aromatic nitrogens is 6. The third-order valence-electron chi connectivity index (χ3n) is 4.90. The molecule has 31 heavy (non-hydrogen) atoms. The fourth-order valence-electron chi connectivity index (χ4n) is 3.28. The lowest BCUT2D eigenvalue weighted by Crippen LogP contribution is -2.24. The highest BCUT2D eigenvalue weighted by Crippen LogP contribution is 2.27. The topological polar surface area (TPSA) is 91.6 Å². The van der Waals surface area contributed by atoms with Gasteiger partial charge in [0.25, 0.3) is 16.7 Å². The molecule has 3 aromatic heterocycles. The van der Waals surface area contributed by atoms with Crippen molar-refractivity contribution in [2.24, 2.45) is 7.05 Å². The van der Waals surface area contributed by atoms with Crippen LogP contribution in [0.3, 0.4) is 0 Å². The van der Waals surface area contributed by atoms with E-state index in [4.69, 9.17) is 4.42 Å². The average Bonchev–Trinajstić information content (AvgIpc) is 3.44. The van der Waals surface area contributed by atoms with E-state index in [1.807, 2.05) is 66.3 Å². The summed E-state index contributed by atoms with van der Waals surface area (Å²) in [5.74, 6) is 1.79. The zero-order chi connectivity index (χ0) is 21.2. The highest BCUT2D eigenvalue weighted by Gasteiger charge is 2.18. The maximum absolute atomic E-state index is 13.0. The van der Waals surface area contributed by atoms with Gasteiger partial charge in [0.2, 0.25) is 0 Å². The molecule has 0 aliphatic rings. The molecule has 0 aliphatic heterocycles. The van der Waals surface area contributed by atoms with Crippen molar-refractivity contribution in [3.8, 4) is 11.6 Å². The number of hydrogen-bond acceptors (Lipinski definition) is 7. The summed E-state index contributed by atoms with van der Waals surface area (Å²) in [6, 6.07) is 17.1. The van der Waals surface area contributed by atoms with Crippen LogP contribution >= 0.6 is 11.8 Å². The third-order valence-corrected chi connectivity index (χ3v) is 5.71. The molecule has 0 atom stereocenters. The Morgan fingerprint density at radius 1 is 1.00 bits per heavy atom. The van der Waals surface area contributed by atoms with Crippen molar-refractivity contribution >= 4 is 22.5 Å². The van der Waals surface area contributed by atoms with Gasteiger partial charge in [-0.15, -0.1) is 10.2 Å². The molecule has 154 valence electrons. The Labute approximate surface area is 181 Å². The van der Waals surface area contributed by atoms with Gasteiger partial charge in [-0.05, 0) is 11.6 Å². The summed E-state index contributed by atoms with van der Waals surface area (Å²) in [6.07, 6.45) is 3.64. The number of aryl methyl sites for hydroxylation is 1.